The van der Waals surface area contributed by atoms with Crippen molar-refractivity contribution in [1.82, 2.24) is 5.32 Å². The molecule has 0 aliphatic rings. The van der Waals surface area contributed by atoms with Gasteiger partial charge in [-0.05, 0) is 52.6 Å². The molecule has 19 heavy (non-hydrogen) atoms. The fourth-order valence-corrected chi connectivity index (χ4v) is 2.68. The number of rotatable bonds is 4. The van der Waals surface area contributed by atoms with Crippen molar-refractivity contribution in [3.8, 4) is 0 Å². The normalized spacial score (nSPS) is 13.2. The zero-order chi connectivity index (χ0) is 14.6. The number of carbonyl (C=O) groups excluding carboxylic acids is 1. The van der Waals surface area contributed by atoms with Crippen LogP contribution in [0.4, 0.5) is 4.39 Å². The monoisotopic (exact) mass is 397 g/mol. The van der Waals surface area contributed by atoms with Gasteiger partial charge in [0.2, 0.25) is 0 Å². The Morgan fingerprint density at radius 2 is 2.11 bits per heavy atom. The number of carbonyl (C=O) groups is 1. The molecule has 0 spiro atoms. The van der Waals surface area contributed by atoms with E-state index in [9.17, 15) is 9.18 Å². The minimum atomic E-state index is -0.339. The number of hydrogen-bond acceptors (Lipinski definition) is 1. The summed E-state index contributed by atoms with van der Waals surface area (Å²) >= 11 is 7.74. The third-order valence-electron chi connectivity index (χ3n) is 2.92. The van der Waals surface area contributed by atoms with Crippen LogP contribution in [0.1, 0.15) is 37.6 Å². The molecule has 1 unspecified atom stereocenters. The molecule has 1 N–H and O–H groups in total. The predicted molar refractivity (Wildman–Crippen MR) is 85.2 cm³/mol. The molecule has 1 aromatic rings. The van der Waals surface area contributed by atoms with Crippen LogP contribution in [0.25, 0.3) is 0 Å². The second-order valence-corrected chi connectivity index (χ2v) is 7.03. The van der Waals surface area contributed by atoms with Crippen molar-refractivity contribution >= 4 is 40.1 Å². The van der Waals surface area contributed by atoms with Gasteiger partial charge in [0.1, 0.15) is 5.82 Å². The lowest BCUT2D eigenvalue weighted by Gasteiger charge is -2.31. The molecule has 5 heteroatoms. The van der Waals surface area contributed by atoms with Gasteiger partial charge in [-0.2, -0.15) is 0 Å². The molecule has 0 aliphatic heterocycles. The predicted octanol–water partition coefficient (Wildman–Crippen LogP) is 4.20. The van der Waals surface area contributed by atoms with E-state index in [1.165, 1.54) is 18.2 Å². The Balaban J connectivity index is 2.88. The van der Waals surface area contributed by atoms with Gasteiger partial charge in [0.25, 0.3) is 5.91 Å². The summed E-state index contributed by atoms with van der Waals surface area (Å²) in [4.78, 5) is 12.2. The maximum atomic E-state index is 13.0. The van der Waals surface area contributed by atoms with Gasteiger partial charge in [-0.15, -0.1) is 11.6 Å². The molecule has 0 fully saturated rings. The van der Waals surface area contributed by atoms with Crippen molar-refractivity contribution in [1.29, 1.82) is 0 Å². The van der Waals surface area contributed by atoms with E-state index in [-0.39, 0.29) is 23.2 Å². The molecule has 0 radical (unpaired) electrons. The molecular weight excluding hydrogens is 380 g/mol. The van der Waals surface area contributed by atoms with E-state index in [2.05, 4.69) is 26.1 Å². The van der Waals surface area contributed by atoms with Crippen LogP contribution in [0.3, 0.4) is 0 Å². The van der Waals surface area contributed by atoms with Crippen LogP contribution in [0.2, 0.25) is 0 Å². The summed E-state index contributed by atoms with van der Waals surface area (Å²) in [5, 5.41) is 2.98. The first-order valence-corrected chi connectivity index (χ1v) is 7.69. The standard InChI is InChI=1S/C14H18ClFINO/c1-14(2,3)12(6-7-15)18-13(19)10-5-4-9(16)8-11(10)17/h4-5,8,12H,6-7H2,1-3H3,(H,18,19). The maximum absolute atomic E-state index is 13.0. The largest absolute Gasteiger partial charge is 0.349 e. The van der Waals surface area contributed by atoms with Gasteiger partial charge in [-0.1, -0.05) is 20.8 Å². The lowest BCUT2D eigenvalue weighted by Crippen LogP contribution is -2.44. The average Bonchev–Trinajstić information content (AvgIpc) is 2.26. The van der Waals surface area contributed by atoms with E-state index >= 15 is 0 Å². The van der Waals surface area contributed by atoms with E-state index in [0.29, 0.717) is 21.4 Å². The zero-order valence-corrected chi connectivity index (χ0v) is 14.2. The summed E-state index contributed by atoms with van der Waals surface area (Å²) in [6.45, 7) is 6.17. The minimum Gasteiger partial charge on any atom is -0.349 e. The van der Waals surface area contributed by atoms with E-state index < -0.39 is 0 Å². The van der Waals surface area contributed by atoms with E-state index in [0.717, 1.165) is 0 Å². The molecule has 1 rings (SSSR count). The van der Waals surface area contributed by atoms with Gasteiger partial charge >= 0.3 is 0 Å². The third-order valence-corrected chi connectivity index (χ3v) is 4.03. The molecule has 0 aromatic heterocycles. The first-order chi connectivity index (χ1) is 8.75. The Morgan fingerprint density at radius 3 is 2.58 bits per heavy atom. The van der Waals surface area contributed by atoms with Crippen LogP contribution >= 0.6 is 34.2 Å². The highest BCUT2D eigenvalue weighted by Crippen LogP contribution is 2.23. The number of amides is 1. The third kappa shape index (κ3) is 4.91. The summed E-state index contributed by atoms with van der Waals surface area (Å²) in [5.41, 5.74) is 0.418. The number of benzene rings is 1. The van der Waals surface area contributed by atoms with Gasteiger partial charge in [-0.3, -0.25) is 4.79 Å². The lowest BCUT2D eigenvalue weighted by molar-refractivity contribution is 0.0899. The van der Waals surface area contributed by atoms with Crippen LogP contribution < -0.4 is 5.32 Å². The number of alkyl halides is 1. The van der Waals surface area contributed by atoms with Crippen molar-refractivity contribution in [2.75, 3.05) is 5.88 Å². The number of halogens is 3. The lowest BCUT2D eigenvalue weighted by atomic mass is 9.85. The van der Waals surface area contributed by atoms with Gasteiger partial charge in [0, 0.05) is 15.5 Å². The Hall–Kier alpha value is -0.360. The summed E-state index contributed by atoms with van der Waals surface area (Å²) in [5.74, 6) is -0.0357. The topological polar surface area (TPSA) is 29.1 Å². The van der Waals surface area contributed by atoms with Crippen molar-refractivity contribution in [3.63, 3.8) is 0 Å². The molecule has 0 heterocycles. The fourth-order valence-electron chi connectivity index (χ4n) is 1.74. The molecule has 1 aromatic carbocycles. The van der Waals surface area contributed by atoms with Gasteiger partial charge in [0.15, 0.2) is 0 Å². The van der Waals surface area contributed by atoms with Gasteiger partial charge in [-0.25, -0.2) is 4.39 Å². The first kappa shape index (κ1) is 16.7. The number of nitrogens with one attached hydrogen (secondary N) is 1. The van der Waals surface area contributed by atoms with Crippen molar-refractivity contribution in [2.45, 2.75) is 33.2 Å². The molecule has 1 atom stereocenters. The van der Waals surface area contributed by atoms with Crippen molar-refractivity contribution in [3.05, 3.63) is 33.1 Å². The second kappa shape index (κ2) is 6.88. The van der Waals surface area contributed by atoms with Crippen LogP contribution in [-0.4, -0.2) is 17.8 Å². The minimum absolute atomic E-state index is 0.0154. The molecule has 0 saturated heterocycles. The molecule has 0 aliphatic carbocycles. The zero-order valence-electron chi connectivity index (χ0n) is 11.3. The smallest absolute Gasteiger partial charge is 0.252 e. The molecule has 1 amide bonds. The molecule has 0 saturated carbocycles. The average molecular weight is 398 g/mol. The Labute approximate surface area is 132 Å². The Bertz CT molecular complexity index is 459. The molecule has 106 valence electrons. The number of hydrogen-bond donors (Lipinski definition) is 1. The maximum Gasteiger partial charge on any atom is 0.252 e. The fraction of sp³-hybridized carbons (Fsp3) is 0.500. The van der Waals surface area contributed by atoms with Crippen LogP contribution in [-0.2, 0) is 0 Å². The van der Waals surface area contributed by atoms with Crippen molar-refractivity contribution < 1.29 is 9.18 Å². The quantitative estimate of drug-likeness (QED) is 0.599. The SMILES string of the molecule is CC(C)(C)C(CCCl)NC(=O)c1ccc(F)cc1I. The second-order valence-electron chi connectivity index (χ2n) is 5.49. The van der Waals surface area contributed by atoms with E-state index in [1.807, 2.05) is 22.6 Å². The Morgan fingerprint density at radius 1 is 1.47 bits per heavy atom. The highest BCUT2D eigenvalue weighted by molar-refractivity contribution is 14.1. The van der Waals surface area contributed by atoms with Crippen LogP contribution in [0, 0.1) is 14.8 Å². The highest BCUT2D eigenvalue weighted by Gasteiger charge is 2.26. The van der Waals surface area contributed by atoms with Gasteiger partial charge < -0.3 is 5.32 Å². The molecular formula is C14H18ClFINO. The molecule has 0 bridgehead atoms. The summed E-state index contributed by atoms with van der Waals surface area (Å²) in [6, 6.07) is 4.14. The summed E-state index contributed by atoms with van der Waals surface area (Å²) in [7, 11) is 0. The van der Waals surface area contributed by atoms with E-state index in [4.69, 9.17) is 11.6 Å². The summed E-state index contributed by atoms with van der Waals surface area (Å²) in [6.07, 6.45) is 0.703. The Kier molecular flexibility index (Phi) is 6.05. The van der Waals surface area contributed by atoms with Crippen molar-refractivity contribution in [2.24, 2.45) is 5.41 Å². The van der Waals surface area contributed by atoms with E-state index in [1.54, 1.807) is 0 Å². The summed E-state index contributed by atoms with van der Waals surface area (Å²) < 4.78 is 13.6. The first-order valence-electron chi connectivity index (χ1n) is 6.07. The van der Waals surface area contributed by atoms with Gasteiger partial charge in [0.05, 0.1) is 5.56 Å². The molecule has 2 nitrogen and oxygen atoms in total. The highest BCUT2D eigenvalue weighted by atomic mass is 127. The van der Waals surface area contributed by atoms with Crippen LogP contribution in [0.15, 0.2) is 18.2 Å². The van der Waals surface area contributed by atoms with Crippen LogP contribution in [0.5, 0.6) is 0 Å².